The zero-order chi connectivity index (χ0) is 10.4. The molecule has 1 aliphatic carbocycles. The average Bonchev–Trinajstić information content (AvgIpc) is 2.28. The van der Waals surface area contributed by atoms with E-state index in [4.69, 9.17) is 0 Å². The fraction of sp³-hybridized carbons (Fsp3) is 0.846. The van der Waals surface area contributed by atoms with Gasteiger partial charge in [-0.05, 0) is 38.5 Å². The summed E-state index contributed by atoms with van der Waals surface area (Å²) in [5.41, 5.74) is 3.13. The van der Waals surface area contributed by atoms with Gasteiger partial charge >= 0.3 is 0 Å². The third-order valence-electron chi connectivity index (χ3n) is 3.48. The van der Waals surface area contributed by atoms with Crippen LogP contribution in [0.5, 0.6) is 0 Å². The molecule has 1 nitrogen and oxygen atoms in total. The second kappa shape index (κ2) is 6.10. The topological polar surface area (TPSA) is 12.0 Å². The highest BCUT2D eigenvalue weighted by Crippen LogP contribution is 2.27. The highest BCUT2D eigenvalue weighted by molar-refractivity contribution is 5.13. The van der Waals surface area contributed by atoms with Crippen LogP contribution in [0.4, 0.5) is 0 Å². The molecule has 0 saturated heterocycles. The van der Waals surface area contributed by atoms with Crippen LogP contribution < -0.4 is 5.32 Å². The number of nitrogens with one attached hydrogen (secondary N) is 1. The molecule has 0 aromatic heterocycles. The predicted molar refractivity (Wildman–Crippen MR) is 63.2 cm³/mol. The zero-order valence-electron chi connectivity index (χ0n) is 10.0. The van der Waals surface area contributed by atoms with E-state index >= 15 is 0 Å². The van der Waals surface area contributed by atoms with Gasteiger partial charge in [0.15, 0.2) is 0 Å². The SMILES string of the molecule is CCC1CCCCCCC(C)=C1NC. The van der Waals surface area contributed by atoms with E-state index in [9.17, 15) is 0 Å². The Morgan fingerprint density at radius 3 is 2.57 bits per heavy atom. The van der Waals surface area contributed by atoms with Crippen molar-refractivity contribution in [2.75, 3.05) is 7.05 Å². The first-order valence-corrected chi connectivity index (χ1v) is 6.17. The van der Waals surface area contributed by atoms with E-state index in [2.05, 4.69) is 26.2 Å². The molecular weight excluding hydrogens is 170 g/mol. The van der Waals surface area contributed by atoms with E-state index < -0.39 is 0 Å². The summed E-state index contributed by atoms with van der Waals surface area (Å²) in [4.78, 5) is 0. The van der Waals surface area contributed by atoms with Crippen molar-refractivity contribution >= 4 is 0 Å². The van der Waals surface area contributed by atoms with Crippen molar-refractivity contribution in [3.8, 4) is 0 Å². The van der Waals surface area contributed by atoms with Gasteiger partial charge in [0.25, 0.3) is 0 Å². The second-order valence-corrected chi connectivity index (χ2v) is 4.50. The summed E-state index contributed by atoms with van der Waals surface area (Å²) in [5.74, 6) is 0.790. The van der Waals surface area contributed by atoms with Crippen molar-refractivity contribution in [1.29, 1.82) is 0 Å². The van der Waals surface area contributed by atoms with Gasteiger partial charge in [-0.3, -0.25) is 0 Å². The highest BCUT2D eigenvalue weighted by atomic mass is 14.8. The standard InChI is InChI=1S/C13H25N/c1-4-12-10-8-6-5-7-9-11(2)13(12)14-3/h12,14H,4-10H2,1-3H3. The Bertz CT molecular complexity index is 193. The molecule has 82 valence electrons. The lowest BCUT2D eigenvalue weighted by molar-refractivity contribution is 0.483. The van der Waals surface area contributed by atoms with Crippen LogP contribution in [0.3, 0.4) is 0 Å². The maximum Gasteiger partial charge on any atom is 0.0124 e. The molecule has 1 unspecified atom stereocenters. The van der Waals surface area contributed by atoms with E-state index in [0.29, 0.717) is 0 Å². The molecule has 0 aliphatic heterocycles. The highest BCUT2D eigenvalue weighted by Gasteiger charge is 2.14. The van der Waals surface area contributed by atoms with Gasteiger partial charge in [0.1, 0.15) is 0 Å². The molecule has 1 rings (SSSR count). The first kappa shape index (κ1) is 11.6. The van der Waals surface area contributed by atoms with Crippen LogP contribution in [0.2, 0.25) is 0 Å². The Labute approximate surface area is 89.0 Å². The summed E-state index contributed by atoms with van der Waals surface area (Å²) < 4.78 is 0. The summed E-state index contributed by atoms with van der Waals surface area (Å²) in [6, 6.07) is 0. The number of rotatable bonds is 2. The average molecular weight is 195 g/mol. The van der Waals surface area contributed by atoms with Gasteiger partial charge in [-0.1, -0.05) is 31.8 Å². The van der Waals surface area contributed by atoms with E-state index in [1.54, 1.807) is 5.57 Å². The largest absolute Gasteiger partial charge is 0.391 e. The summed E-state index contributed by atoms with van der Waals surface area (Å²) in [5, 5.41) is 3.43. The molecule has 0 heterocycles. The van der Waals surface area contributed by atoms with Gasteiger partial charge in [0, 0.05) is 12.7 Å². The van der Waals surface area contributed by atoms with Crippen molar-refractivity contribution < 1.29 is 0 Å². The lowest BCUT2D eigenvalue weighted by atomic mass is 9.93. The minimum Gasteiger partial charge on any atom is -0.391 e. The van der Waals surface area contributed by atoms with E-state index in [1.165, 1.54) is 50.6 Å². The van der Waals surface area contributed by atoms with Crippen molar-refractivity contribution in [1.82, 2.24) is 5.32 Å². The fourth-order valence-corrected chi connectivity index (χ4v) is 2.59. The van der Waals surface area contributed by atoms with Crippen LogP contribution >= 0.6 is 0 Å². The fourth-order valence-electron chi connectivity index (χ4n) is 2.59. The predicted octanol–water partition coefficient (Wildman–Crippen LogP) is 3.86. The Morgan fingerprint density at radius 2 is 1.93 bits per heavy atom. The summed E-state index contributed by atoms with van der Waals surface area (Å²) in [7, 11) is 2.08. The molecule has 14 heavy (non-hydrogen) atoms. The Hall–Kier alpha value is -0.460. The first-order valence-electron chi connectivity index (χ1n) is 6.17. The molecule has 0 aromatic rings. The van der Waals surface area contributed by atoms with E-state index in [0.717, 1.165) is 5.92 Å². The summed E-state index contributed by atoms with van der Waals surface area (Å²) >= 11 is 0. The third-order valence-corrected chi connectivity index (χ3v) is 3.48. The minimum absolute atomic E-state index is 0.790. The molecule has 0 saturated carbocycles. The van der Waals surface area contributed by atoms with Crippen molar-refractivity contribution in [2.24, 2.45) is 5.92 Å². The van der Waals surface area contributed by atoms with Gasteiger partial charge in [-0.25, -0.2) is 0 Å². The zero-order valence-corrected chi connectivity index (χ0v) is 10.0. The van der Waals surface area contributed by atoms with Crippen LogP contribution in [-0.2, 0) is 0 Å². The Kier molecular flexibility index (Phi) is 5.06. The first-order chi connectivity index (χ1) is 6.79. The normalized spacial score (nSPS) is 25.2. The molecular formula is C13H25N. The molecule has 0 spiro atoms. The van der Waals surface area contributed by atoms with Gasteiger partial charge in [0.05, 0.1) is 0 Å². The number of hydrogen-bond donors (Lipinski definition) is 1. The molecule has 0 amide bonds. The van der Waals surface area contributed by atoms with Crippen molar-refractivity contribution in [3.63, 3.8) is 0 Å². The third kappa shape index (κ3) is 3.04. The van der Waals surface area contributed by atoms with E-state index in [1.807, 2.05) is 0 Å². The summed E-state index contributed by atoms with van der Waals surface area (Å²) in [6.07, 6.45) is 9.61. The molecule has 1 atom stereocenters. The summed E-state index contributed by atoms with van der Waals surface area (Å²) in [6.45, 7) is 4.62. The number of allylic oxidation sites excluding steroid dienone is 2. The maximum atomic E-state index is 3.43. The Morgan fingerprint density at radius 1 is 1.21 bits per heavy atom. The van der Waals surface area contributed by atoms with Crippen LogP contribution in [-0.4, -0.2) is 7.05 Å². The van der Waals surface area contributed by atoms with Crippen molar-refractivity contribution in [3.05, 3.63) is 11.3 Å². The van der Waals surface area contributed by atoms with Gasteiger partial charge < -0.3 is 5.32 Å². The van der Waals surface area contributed by atoms with Crippen LogP contribution in [0.15, 0.2) is 11.3 Å². The van der Waals surface area contributed by atoms with Gasteiger partial charge in [-0.2, -0.15) is 0 Å². The molecule has 0 aromatic carbocycles. The maximum absolute atomic E-state index is 3.43. The van der Waals surface area contributed by atoms with E-state index in [-0.39, 0.29) is 0 Å². The molecule has 0 fully saturated rings. The molecule has 1 heteroatoms. The minimum atomic E-state index is 0.790. The van der Waals surface area contributed by atoms with Crippen LogP contribution in [0, 0.1) is 5.92 Å². The number of hydrogen-bond acceptors (Lipinski definition) is 1. The molecule has 0 radical (unpaired) electrons. The lowest BCUT2D eigenvalue weighted by Crippen LogP contribution is -2.17. The molecule has 0 bridgehead atoms. The van der Waals surface area contributed by atoms with Crippen LogP contribution in [0.1, 0.15) is 58.8 Å². The molecule has 1 N–H and O–H groups in total. The quantitative estimate of drug-likeness (QED) is 0.705. The monoisotopic (exact) mass is 195 g/mol. The van der Waals surface area contributed by atoms with Crippen molar-refractivity contribution in [2.45, 2.75) is 58.8 Å². The molecule has 1 aliphatic rings. The Balaban J connectivity index is 2.75. The van der Waals surface area contributed by atoms with Crippen LogP contribution in [0.25, 0.3) is 0 Å². The van der Waals surface area contributed by atoms with Gasteiger partial charge in [-0.15, -0.1) is 0 Å². The second-order valence-electron chi connectivity index (χ2n) is 4.50. The lowest BCUT2D eigenvalue weighted by Gasteiger charge is -2.20. The van der Waals surface area contributed by atoms with Gasteiger partial charge in [0.2, 0.25) is 0 Å². The smallest absolute Gasteiger partial charge is 0.0124 e.